The van der Waals surface area contributed by atoms with Gasteiger partial charge in [0.15, 0.2) is 0 Å². The molecule has 232 valence electrons. The smallest absolute Gasteiger partial charge is 0.303 e. The molecule has 0 aliphatic carbocycles. The lowest BCUT2D eigenvalue weighted by Crippen LogP contribution is -2.32. The molecule has 0 heterocycles. The van der Waals surface area contributed by atoms with Gasteiger partial charge in [-0.25, -0.2) is 0 Å². The summed E-state index contributed by atoms with van der Waals surface area (Å²) in [6.45, 7) is 9.10. The first kappa shape index (κ1) is 48.7. The highest BCUT2D eigenvalue weighted by Gasteiger charge is 2.25. The zero-order chi connectivity index (χ0) is 31.8. The van der Waals surface area contributed by atoms with Crippen LogP contribution < -0.4 is 0 Å². The number of carbonyl (C=O) groups is 4. The van der Waals surface area contributed by atoms with Crippen LogP contribution in [0.1, 0.15) is 80.1 Å². The standard InChI is InChI=1S/2C6H14O3.4C3H6O2/c2*1-2-6(3-7,4-8)5-9;4*1-2-3(4)5/h2*7-9H,2-5H2,1H3;4*2H2,1H3,(H,4,5). The summed E-state index contributed by atoms with van der Waals surface area (Å²) >= 11 is 0. The Bertz CT molecular complexity index is 433. The normalized spacial score (nSPS) is 9.58. The van der Waals surface area contributed by atoms with Gasteiger partial charge in [0.25, 0.3) is 0 Å². The van der Waals surface area contributed by atoms with E-state index in [1.165, 1.54) is 0 Å². The minimum absolute atomic E-state index is 0.156. The molecule has 38 heavy (non-hydrogen) atoms. The van der Waals surface area contributed by atoms with Crippen LogP contribution in [-0.4, -0.2) is 115 Å². The molecule has 0 spiro atoms. The van der Waals surface area contributed by atoms with E-state index in [2.05, 4.69) is 0 Å². The summed E-state index contributed by atoms with van der Waals surface area (Å²) in [6.07, 6.45) is 2.08. The molecule has 10 N–H and O–H groups in total. The maximum Gasteiger partial charge on any atom is 0.303 e. The van der Waals surface area contributed by atoms with Gasteiger partial charge >= 0.3 is 23.9 Å². The average molecular weight is 565 g/mol. The molecule has 0 aliphatic heterocycles. The van der Waals surface area contributed by atoms with Crippen molar-refractivity contribution in [3.05, 3.63) is 0 Å². The van der Waals surface area contributed by atoms with Crippen molar-refractivity contribution in [2.75, 3.05) is 39.6 Å². The maximum absolute atomic E-state index is 9.37. The van der Waals surface area contributed by atoms with Crippen LogP contribution in [0.15, 0.2) is 0 Å². The lowest BCUT2D eigenvalue weighted by atomic mass is 9.88. The highest BCUT2D eigenvalue weighted by atomic mass is 16.4. The lowest BCUT2D eigenvalue weighted by molar-refractivity contribution is -0.137. The number of rotatable bonds is 12. The first-order valence-electron chi connectivity index (χ1n) is 12.1. The Kier molecular flexibility index (Phi) is 44.4. The van der Waals surface area contributed by atoms with Gasteiger partial charge in [-0.3, -0.25) is 19.2 Å². The van der Waals surface area contributed by atoms with Crippen LogP contribution in [-0.2, 0) is 19.2 Å². The Balaban J connectivity index is -0.0000000829. The van der Waals surface area contributed by atoms with E-state index in [9.17, 15) is 19.2 Å². The molecule has 0 aromatic rings. The molecule has 0 aromatic carbocycles. The van der Waals surface area contributed by atoms with E-state index in [4.69, 9.17) is 51.1 Å². The molecule has 0 radical (unpaired) electrons. The van der Waals surface area contributed by atoms with E-state index in [1.54, 1.807) is 27.7 Å². The fraction of sp³-hybridized carbons (Fsp3) is 0.833. The van der Waals surface area contributed by atoms with Crippen molar-refractivity contribution >= 4 is 23.9 Å². The molecule has 0 bridgehead atoms. The molecule has 0 unspecified atom stereocenters. The molecule has 0 aliphatic rings. The van der Waals surface area contributed by atoms with Crippen LogP contribution >= 0.6 is 0 Å². The van der Waals surface area contributed by atoms with Gasteiger partial charge in [0, 0.05) is 36.5 Å². The SMILES string of the molecule is CCC(=O)O.CCC(=O)O.CCC(=O)O.CCC(=O)O.CCC(CO)(CO)CO.CCC(CO)(CO)CO. The van der Waals surface area contributed by atoms with E-state index in [0.717, 1.165) is 0 Å². The van der Waals surface area contributed by atoms with Crippen molar-refractivity contribution in [1.29, 1.82) is 0 Å². The topological polar surface area (TPSA) is 271 Å². The monoisotopic (exact) mass is 564 g/mol. The summed E-state index contributed by atoms with van der Waals surface area (Å²) in [5, 5.41) is 82.8. The van der Waals surface area contributed by atoms with E-state index in [0.29, 0.717) is 12.8 Å². The Labute approximate surface area is 225 Å². The van der Waals surface area contributed by atoms with Gasteiger partial charge < -0.3 is 51.1 Å². The zero-order valence-electron chi connectivity index (χ0n) is 23.6. The third kappa shape index (κ3) is 40.8. The number of carboxylic acids is 4. The number of aliphatic hydroxyl groups is 6. The van der Waals surface area contributed by atoms with Crippen LogP contribution in [0.4, 0.5) is 0 Å². The molecule has 0 amide bonds. The first-order chi connectivity index (χ1) is 17.6. The molecule has 14 heteroatoms. The van der Waals surface area contributed by atoms with Crippen molar-refractivity contribution in [3.63, 3.8) is 0 Å². The molecule has 0 rings (SSSR count). The highest BCUT2D eigenvalue weighted by molar-refractivity contribution is 5.66. The van der Waals surface area contributed by atoms with Crippen molar-refractivity contribution < 1.29 is 70.2 Å². The van der Waals surface area contributed by atoms with E-state index in [1.807, 2.05) is 13.8 Å². The number of hydrogen-bond donors (Lipinski definition) is 10. The molecule has 0 saturated carbocycles. The molecule has 0 atom stereocenters. The summed E-state index contributed by atoms with van der Waals surface area (Å²) in [4.78, 5) is 37.5. The summed E-state index contributed by atoms with van der Waals surface area (Å²) in [7, 11) is 0. The first-order valence-corrected chi connectivity index (χ1v) is 12.1. The molecule has 14 nitrogen and oxygen atoms in total. The third-order valence-corrected chi connectivity index (χ3v) is 4.72. The highest BCUT2D eigenvalue weighted by Crippen LogP contribution is 2.18. The quantitative estimate of drug-likeness (QED) is 0.156. The molecule has 0 saturated heterocycles. The van der Waals surface area contributed by atoms with Gasteiger partial charge in [0.1, 0.15) is 0 Å². The Morgan fingerprint density at radius 2 is 0.500 bits per heavy atom. The second kappa shape index (κ2) is 34.6. The van der Waals surface area contributed by atoms with E-state index < -0.39 is 34.7 Å². The maximum atomic E-state index is 9.37. The van der Waals surface area contributed by atoms with Gasteiger partial charge in [0.05, 0.1) is 39.6 Å². The van der Waals surface area contributed by atoms with Crippen molar-refractivity contribution in [2.45, 2.75) is 80.1 Å². The number of carboxylic acid groups (broad SMARTS) is 4. The minimum Gasteiger partial charge on any atom is -0.481 e. The predicted molar refractivity (Wildman–Crippen MR) is 140 cm³/mol. The van der Waals surface area contributed by atoms with Crippen molar-refractivity contribution in [1.82, 2.24) is 0 Å². The fourth-order valence-electron chi connectivity index (χ4n) is 0.971. The summed E-state index contributed by atoms with van der Waals surface area (Å²) in [5.41, 5.74) is -1.33. The fourth-order valence-corrected chi connectivity index (χ4v) is 0.971. The largest absolute Gasteiger partial charge is 0.481 e. The van der Waals surface area contributed by atoms with Gasteiger partial charge in [-0.15, -0.1) is 0 Å². The summed E-state index contributed by atoms with van der Waals surface area (Å²) < 4.78 is 0. The van der Waals surface area contributed by atoms with Gasteiger partial charge in [-0.1, -0.05) is 41.5 Å². The Morgan fingerprint density at radius 1 is 0.395 bits per heavy atom. The summed E-state index contributed by atoms with van der Waals surface area (Å²) in [5.74, 6) is -2.98. The Morgan fingerprint density at radius 3 is 0.500 bits per heavy atom. The number of aliphatic hydroxyl groups excluding tert-OH is 6. The molecule has 0 fully saturated rings. The molecular weight excluding hydrogens is 512 g/mol. The third-order valence-electron chi connectivity index (χ3n) is 4.72. The van der Waals surface area contributed by atoms with Crippen molar-refractivity contribution in [3.8, 4) is 0 Å². The van der Waals surface area contributed by atoms with Gasteiger partial charge in [-0.2, -0.15) is 0 Å². The lowest BCUT2D eigenvalue weighted by Gasteiger charge is -2.24. The second-order valence-electron chi connectivity index (χ2n) is 7.64. The van der Waals surface area contributed by atoms with Crippen LogP contribution in [0.2, 0.25) is 0 Å². The minimum atomic E-state index is -0.745. The van der Waals surface area contributed by atoms with Crippen LogP contribution in [0, 0.1) is 10.8 Å². The van der Waals surface area contributed by atoms with Gasteiger partial charge in [-0.05, 0) is 12.8 Å². The van der Waals surface area contributed by atoms with Crippen LogP contribution in [0.3, 0.4) is 0 Å². The summed E-state index contributed by atoms with van der Waals surface area (Å²) in [6, 6.07) is 0. The number of aliphatic carboxylic acids is 4. The van der Waals surface area contributed by atoms with E-state index in [-0.39, 0.29) is 65.3 Å². The molecule has 0 aromatic heterocycles. The van der Waals surface area contributed by atoms with E-state index >= 15 is 0 Å². The zero-order valence-corrected chi connectivity index (χ0v) is 23.6. The average Bonchev–Trinajstić information content (AvgIpc) is 2.93. The van der Waals surface area contributed by atoms with Gasteiger partial charge in [0.2, 0.25) is 0 Å². The molecular formula is C24H52O14. The van der Waals surface area contributed by atoms with Crippen LogP contribution in [0.5, 0.6) is 0 Å². The predicted octanol–water partition coefficient (Wildman–Crippen LogP) is 0.643. The second-order valence-corrected chi connectivity index (χ2v) is 7.64. The van der Waals surface area contributed by atoms with Crippen LogP contribution in [0.25, 0.3) is 0 Å². The number of hydrogen-bond acceptors (Lipinski definition) is 10. The Hall–Kier alpha value is -2.36. The van der Waals surface area contributed by atoms with Crippen molar-refractivity contribution in [2.24, 2.45) is 10.8 Å².